The molecule has 0 radical (unpaired) electrons. The Labute approximate surface area is 101 Å². The molecule has 1 aromatic carbocycles. The molecule has 17 heavy (non-hydrogen) atoms. The number of fused-ring (bicyclic) bond motifs is 1. The molecule has 1 heterocycles. The molecule has 0 spiro atoms. The van der Waals surface area contributed by atoms with Gasteiger partial charge in [-0.25, -0.2) is 0 Å². The second-order valence-corrected chi connectivity index (χ2v) is 4.10. The molecule has 1 unspecified atom stereocenters. The minimum absolute atomic E-state index is 0.396. The Morgan fingerprint density at radius 1 is 1.35 bits per heavy atom. The Hall–Kier alpha value is -1.68. The van der Waals surface area contributed by atoms with Crippen LogP contribution in [0.3, 0.4) is 0 Å². The number of nitrogens with two attached hydrogens (primary N) is 1. The summed E-state index contributed by atoms with van der Waals surface area (Å²) in [5.74, 6) is 0. The molecule has 1 aromatic heterocycles. The van der Waals surface area contributed by atoms with E-state index in [0.29, 0.717) is 12.6 Å². The third-order valence-corrected chi connectivity index (χ3v) is 2.91. The lowest BCUT2D eigenvalue weighted by Gasteiger charge is -2.18. The van der Waals surface area contributed by atoms with Gasteiger partial charge in [0.25, 0.3) is 0 Å². The summed E-state index contributed by atoms with van der Waals surface area (Å²) in [6, 6.07) is 8.41. The molecular formula is C13H18N4. The van der Waals surface area contributed by atoms with Crippen LogP contribution < -0.4 is 11.1 Å². The van der Waals surface area contributed by atoms with Crippen molar-refractivity contribution < 1.29 is 0 Å². The number of nitrogens with one attached hydrogen (secondary N) is 1. The van der Waals surface area contributed by atoms with Crippen LogP contribution in [0.1, 0.15) is 19.8 Å². The standard InChI is InChI=1S/C13H18N4/c1-2-10(7-8-14)16-13-9-15-17-12-6-4-3-5-11(12)13/h3-6,9-10H,2,7-8,14H2,1H3,(H,16,17). The molecule has 2 aromatic rings. The zero-order valence-corrected chi connectivity index (χ0v) is 10.1. The molecule has 0 aliphatic rings. The lowest BCUT2D eigenvalue weighted by molar-refractivity contribution is 0.642. The van der Waals surface area contributed by atoms with Gasteiger partial charge in [-0.2, -0.15) is 10.2 Å². The average Bonchev–Trinajstić information content (AvgIpc) is 2.38. The van der Waals surface area contributed by atoms with Crippen LogP contribution in [0.15, 0.2) is 30.5 Å². The van der Waals surface area contributed by atoms with Crippen LogP contribution in [0, 0.1) is 0 Å². The van der Waals surface area contributed by atoms with Gasteiger partial charge < -0.3 is 11.1 Å². The SMILES string of the molecule is CCC(CCN)Nc1cnnc2ccccc12. The summed E-state index contributed by atoms with van der Waals surface area (Å²) in [6.07, 6.45) is 3.79. The third-order valence-electron chi connectivity index (χ3n) is 2.91. The van der Waals surface area contributed by atoms with Gasteiger partial charge in [-0.15, -0.1) is 0 Å². The number of rotatable bonds is 5. The van der Waals surface area contributed by atoms with Crippen molar-refractivity contribution in [2.45, 2.75) is 25.8 Å². The first-order valence-electron chi connectivity index (χ1n) is 6.02. The van der Waals surface area contributed by atoms with Crippen molar-refractivity contribution >= 4 is 16.6 Å². The van der Waals surface area contributed by atoms with Crippen LogP contribution in [0.4, 0.5) is 5.69 Å². The van der Waals surface area contributed by atoms with Crippen LogP contribution in [0.25, 0.3) is 10.9 Å². The Morgan fingerprint density at radius 2 is 2.18 bits per heavy atom. The molecule has 0 aliphatic heterocycles. The van der Waals surface area contributed by atoms with E-state index in [2.05, 4.69) is 28.5 Å². The van der Waals surface area contributed by atoms with Crippen molar-refractivity contribution in [1.82, 2.24) is 10.2 Å². The van der Waals surface area contributed by atoms with Crippen LogP contribution >= 0.6 is 0 Å². The van der Waals surface area contributed by atoms with Gasteiger partial charge in [0, 0.05) is 11.4 Å². The maximum atomic E-state index is 5.60. The van der Waals surface area contributed by atoms with Crippen molar-refractivity contribution in [3.05, 3.63) is 30.5 Å². The molecular weight excluding hydrogens is 212 g/mol. The Kier molecular flexibility index (Phi) is 3.88. The normalized spacial score (nSPS) is 12.6. The highest BCUT2D eigenvalue weighted by atomic mass is 15.1. The molecule has 90 valence electrons. The van der Waals surface area contributed by atoms with E-state index in [1.807, 2.05) is 18.2 Å². The van der Waals surface area contributed by atoms with Gasteiger partial charge in [0.15, 0.2) is 0 Å². The maximum Gasteiger partial charge on any atom is 0.0950 e. The summed E-state index contributed by atoms with van der Waals surface area (Å²) < 4.78 is 0. The van der Waals surface area contributed by atoms with E-state index in [9.17, 15) is 0 Å². The van der Waals surface area contributed by atoms with E-state index in [4.69, 9.17) is 5.73 Å². The molecule has 0 saturated heterocycles. The minimum atomic E-state index is 0.396. The highest BCUT2D eigenvalue weighted by molar-refractivity contribution is 5.90. The number of benzene rings is 1. The first kappa shape index (κ1) is 11.8. The van der Waals surface area contributed by atoms with Crippen molar-refractivity contribution in [1.29, 1.82) is 0 Å². The summed E-state index contributed by atoms with van der Waals surface area (Å²) in [5.41, 5.74) is 7.56. The molecule has 0 saturated carbocycles. The van der Waals surface area contributed by atoms with E-state index in [0.717, 1.165) is 29.4 Å². The maximum absolute atomic E-state index is 5.60. The highest BCUT2D eigenvalue weighted by Crippen LogP contribution is 2.21. The molecule has 0 bridgehead atoms. The number of aromatic nitrogens is 2. The number of anilines is 1. The predicted molar refractivity (Wildman–Crippen MR) is 70.9 cm³/mol. The third kappa shape index (κ3) is 2.71. The van der Waals surface area contributed by atoms with Crippen LogP contribution in [0.5, 0.6) is 0 Å². The summed E-state index contributed by atoms with van der Waals surface area (Å²) in [5, 5.41) is 12.7. The molecule has 4 heteroatoms. The van der Waals surface area contributed by atoms with Crippen LogP contribution in [0.2, 0.25) is 0 Å². The zero-order valence-electron chi connectivity index (χ0n) is 10.1. The van der Waals surface area contributed by atoms with Crippen LogP contribution in [-0.4, -0.2) is 22.8 Å². The summed E-state index contributed by atoms with van der Waals surface area (Å²) in [4.78, 5) is 0. The van der Waals surface area contributed by atoms with Crippen molar-refractivity contribution in [3.63, 3.8) is 0 Å². The van der Waals surface area contributed by atoms with E-state index in [1.165, 1.54) is 0 Å². The van der Waals surface area contributed by atoms with Crippen LogP contribution in [-0.2, 0) is 0 Å². The first-order valence-corrected chi connectivity index (χ1v) is 6.02. The predicted octanol–water partition coefficient (Wildman–Crippen LogP) is 2.17. The molecule has 1 atom stereocenters. The van der Waals surface area contributed by atoms with Crippen molar-refractivity contribution in [2.24, 2.45) is 5.73 Å². The second-order valence-electron chi connectivity index (χ2n) is 4.10. The smallest absolute Gasteiger partial charge is 0.0950 e. The van der Waals surface area contributed by atoms with Gasteiger partial charge in [0.1, 0.15) is 0 Å². The fraction of sp³-hybridized carbons (Fsp3) is 0.385. The monoisotopic (exact) mass is 230 g/mol. The Morgan fingerprint density at radius 3 is 2.94 bits per heavy atom. The van der Waals surface area contributed by atoms with Gasteiger partial charge in [-0.1, -0.05) is 25.1 Å². The van der Waals surface area contributed by atoms with E-state index >= 15 is 0 Å². The lowest BCUT2D eigenvalue weighted by atomic mass is 10.1. The molecule has 2 rings (SSSR count). The van der Waals surface area contributed by atoms with Gasteiger partial charge in [-0.05, 0) is 25.5 Å². The Balaban J connectivity index is 2.28. The zero-order chi connectivity index (χ0) is 12.1. The molecule has 4 nitrogen and oxygen atoms in total. The minimum Gasteiger partial charge on any atom is -0.380 e. The van der Waals surface area contributed by atoms with E-state index in [1.54, 1.807) is 6.20 Å². The average molecular weight is 230 g/mol. The summed E-state index contributed by atoms with van der Waals surface area (Å²) in [6.45, 7) is 2.85. The van der Waals surface area contributed by atoms with E-state index < -0.39 is 0 Å². The molecule has 0 aliphatic carbocycles. The first-order chi connectivity index (χ1) is 8.35. The second kappa shape index (κ2) is 5.59. The van der Waals surface area contributed by atoms with Gasteiger partial charge >= 0.3 is 0 Å². The molecule has 0 fully saturated rings. The quantitative estimate of drug-likeness (QED) is 0.826. The largest absolute Gasteiger partial charge is 0.380 e. The van der Waals surface area contributed by atoms with E-state index in [-0.39, 0.29) is 0 Å². The van der Waals surface area contributed by atoms with Gasteiger partial charge in [-0.3, -0.25) is 0 Å². The molecule has 0 amide bonds. The number of hydrogen-bond donors (Lipinski definition) is 2. The van der Waals surface area contributed by atoms with Crippen molar-refractivity contribution in [2.75, 3.05) is 11.9 Å². The van der Waals surface area contributed by atoms with Crippen molar-refractivity contribution in [3.8, 4) is 0 Å². The summed E-state index contributed by atoms with van der Waals surface area (Å²) in [7, 11) is 0. The topological polar surface area (TPSA) is 63.8 Å². The Bertz CT molecular complexity index is 478. The number of hydrogen-bond acceptors (Lipinski definition) is 4. The fourth-order valence-corrected chi connectivity index (χ4v) is 1.92. The molecule has 3 N–H and O–H groups in total. The number of nitrogens with zero attached hydrogens (tertiary/aromatic N) is 2. The lowest BCUT2D eigenvalue weighted by Crippen LogP contribution is -2.22. The van der Waals surface area contributed by atoms with Gasteiger partial charge in [0.05, 0.1) is 17.4 Å². The fourth-order valence-electron chi connectivity index (χ4n) is 1.92. The highest BCUT2D eigenvalue weighted by Gasteiger charge is 2.08. The summed E-state index contributed by atoms with van der Waals surface area (Å²) >= 11 is 0. The van der Waals surface area contributed by atoms with Gasteiger partial charge in [0.2, 0.25) is 0 Å².